The second-order valence-corrected chi connectivity index (χ2v) is 8.59. The van der Waals surface area contributed by atoms with E-state index in [1.54, 1.807) is 6.26 Å². The lowest BCUT2D eigenvalue weighted by atomic mass is 10.0. The van der Waals surface area contributed by atoms with Gasteiger partial charge in [0.25, 0.3) is 0 Å². The van der Waals surface area contributed by atoms with E-state index in [4.69, 9.17) is 4.42 Å². The molecule has 0 N–H and O–H groups in total. The van der Waals surface area contributed by atoms with Crippen LogP contribution in [-0.2, 0) is 6.42 Å². The smallest absolute Gasteiger partial charge is 0.103 e. The second kappa shape index (κ2) is 22.1. The van der Waals surface area contributed by atoms with Crippen molar-refractivity contribution in [3.63, 3.8) is 0 Å². The van der Waals surface area contributed by atoms with Gasteiger partial charge in [0.1, 0.15) is 5.76 Å². The maximum Gasteiger partial charge on any atom is 0.103 e. The summed E-state index contributed by atoms with van der Waals surface area (Å²) in [5.41, 5.74) is 0. The molecule has 168 valence electrons. The number of hydrogen-bond donors (Lipinski definition) is 0. The molecule has 0 amide bonds. The van der Waals surface area contributed by atoms with Crippen molar-refractivity contribution >= 4 is 0 Å². The van der Waals surface area contributed by atoms with E-state index in [0.29, 0.717) is 0 Å². The van der Waals surface area contributed by atoms with Crippen LogP contribution in [-0.4, -0.2) is 0 Å². The zero-order valence-electron chi connectivity index (χ0n) is 19.8. The van der Waals surface area contributed by atoms with Gasteiger partial charge in [0.15, 0.2) is 0 Å². The van der Waals surface area contributed by atoms with Crippen LogP contribution in [0, 0.1) is 23.7 Å². The van der Waals surface area contributed by atoms with Crippen LogP contribution >= 0.6 is 0 Å². The van der Waals surface area contributed by atoms with Gasteiger partial charge in [0.2, 0.25) is 0 Å². The Hall–Kier alpha value is -1.60. The van der Waals surface area contributed by atoms with Gasteiger partial charge in [-0.1, -0.05) is 109 Å². The average Bonchev–Trinajstić information content (AvgIpc) is 3.28. The van der Waals surface area contributed by atoms with Crippen LogP contribution in [0.3, 0.4) is 0 Å². The van der Waals surface area contributed by atoms with Crippen LogP contribution in [0.4, 0.5) is 0 Å². The Morgan fingerprint density at radius 3 is 1.53 bits per heavy atom. The predicted octanol–water partition coefficient (Wildman–Crippen LogP) is 9.26. The molecule has 0 radical (unpaired) electrons. The molecule has 0 aliphatic heterocycles. The molecule has 0 aromatic carbocycles. The molecule has 1 rings (SSSR count). The average molecular weight is 411 g/mol. The van der Waals surface area contributed by atoms with Crippen LogP contribution in [0.5, 0.6) is 0 Å². The fourth-order valence-electron chi connectivity index (χ4n) is 3.77. The van der Waals surface area contributed by atoms with E-state index in [0.717, 1.165) is 25.0 Å². The monoisotopic (exact) mass is 410 g/mol. The highest BCUT2D eigenvalue weighted by Crippen LogP contribution is 2.14. The third-order valence-electron chi connectivity index (χ3n) is 5.70. The molecule has 0 fully saturated rings. The first-order valence-electron chi connectivity index (χ1n) is 12.9. The van der Waals surface area contributed by atoms with Gasteiger partial charge < -0.3 is 4.42 Å². The molecule has 0 unspecified atom stereocenters. The first kappa shape index (κ1) is 26.4. The fraction of sp³-hybridized carbons (Fsp3) is 0.724. The van der Waals surface area contributed by atoms with Gasteiger partial charge in [-0.25, -0.2) is 0 Å². The number of rotatable bonds is 19. The van der Waals surface area contributed by atoms with Gasteiger partial charge >= 0.3 is 0 Å². The Labute approximate surface area is 187 Å². The number of furan rings is 1. The van der Waals surface area contributed by atoms with E-state index in [-0.39, 0.29) is 0 Å². The molecular formula is C29H46O. The molecular weight excluding hydrogens is 364 g/mol. The van der Waals surface area contributed by atoms with Crippen molar-refractivity contribution < 1.29 is 4.42 Å². The van der Waals surface area contributed by atoms with Crippen molar-refractivity contribution in [2.75, 3.05) is 0 Å². The lowest BCUT2D eigenvalue weighted by molar-refractivity contribution is 0.489. The van der Waals surface area contributed by atoms with Gasteiger partial charge in [0, 0.05) is 19.3 Å². The first-order chi connectivity index (χ1) is 14.9. The van der Waals surface area contributed by atoms with Crippen molar-refractivity contribution in [3.05, 3.63) is 24.2 Å². The molecule has 30 heavy (non-hydrogen) atoms. The van der Waals surface area contributed by atoms with Gasteiger partial charge in [-0.05, 0) is 43.2 Å². The molecule has 0 saturated carbocycles. The van der Waals surface area contributed by atoms with Gasteiger partial charge in [-0.2, -0.15) is 0 Å². The summed E-state index contributed by atoms with van der Waals surface area (Å²) in [7, 11) is 0. The standard InChI is InChI=1S/C29H46O/c1-2-3-4-5-6-7-8-9-10-11-12-13-14-15-16-17-18-19-20-21-22-23-24-26-29-27-25-28-30-29/h25,27-28H,2-6,11-24,26H2,1H3. The molecule has 1 aromatic rings. The first-order valence-corrected chi connectivity index (χ1v) is 12.9. The minimum Gasteiger partial charge on any atom is -0.469 e. The minimum atomic E-state index is 1.02. The summed E-state index contributed by atoms with van der Waals surface area (Å²) in [6, 6.07) is 4.07. The van der Waals surface area contributed by atoms with Crippen molar-refractivity contribution in [1.82, 2.24) is 0 Å². The third kappa shape index (κ3) is 18.4. The highest BCUT2D eigenvalue weighted by Gasteiger charge is 1.96. The van der Waals surface area contributed by atoms with Crippen LogP contribution in [0.1, 0.15) is 135 Å². The Morgan fingerprint density at radius 1 is 0.600 bits per heavy atom. The van der Waals surface area contributed by atoms with E-state index in [2.05, 4.69) is 36.7 Å². The molecule has 0 saturated heterocycles. The van der Waals surface area contributed by atoms with E-state index < -0.39 is 0 Å². The van der Waals surface area contributed by atoms with Crippen LogP contribution in [0.2, 0.25) is 0 Å². The summed E-state index contributed by atoms with van der Waals surface area (Å²) in [6.45, 7) is 2.24. The van der Waals surface area contributed by atoms with Crippen LogP contribution < -0.4 is 0 Å². The molecule has 0 spiro atoms. The van der Waals surface area contributed by atoms with E-state index in [1.807, 2.05) is 6.07 Å². The molecule has 0 aliphatic carbocycles. The Balaban J connectivity index is 1.72. The molecule has 0 aliphatic rings. The number of unbranched alkanes of at least 4 members (excludes halogenated alkanes) is 17. The van der Waals surface area contributed by atoms with Crippen LogP contribution in [0.15, 0.2) is 22.8 Å². The topological polar surface area (TPSA) is 13.1 Å². The summed E-state index contributed by atoms with van der Waals surface area (Å²) in [5, 5.41) is 0. The van der Waals surface area contributed by atoms with Crippen molar-refractivity contribution in [1.29, 1.82) is 0 Å². The summed E-state index contributed by atoms with van der Waals surface area (Å²) < 4.78 is 5.37. The summed E-state index contributed by atoms with van der Waals surface area (Å²) in [4.78, 5) is 0. The van der Waals surface area contributed by atoms with E-state index in [1.165, 1.54) is 109 Å². The van der Waals surface area contributed by atoms with Crippen molar-refractivity contribution in [3.8, 4) is 23.7 Å². The van der Waals surface area contributed by atoms with E-state index in [9.17, 15) is 0 Å². The van der Waals surface area contributed by atoms with Crippen molar-refractivity contribution in [2.45, 2.75) is 135 Å². The van der Waals surface area contributed by atoms with Gasteiger partial charge in [0.05, 0.1) is 6.26 Å². The maximum absolute atomic E-state index is 5.37. The Bertz CT molecular complexity index is 575. The lowest BCUT2D eigenvalue weighted by Crippen LogP contribution is -1.85. The van der Waals surface area contributed by atoms with Gasteiger partial charge in [-0.15, -0.1) is 0 Å². The summed E-state index contributed by atoms with van der Waals surface area (Å²) in [6.07, 6.45) is 27.9. The Kier molecular flexibility index (Phi) is 19.5. The highest BCUT2D eigenvalue weighted by atomic mass is 16.3. The molecule has 1 aromatic heterocycles. The number of hydrogen-bond acceptors (Lipinski definition) is 1. The largest absolute Gasteiger partial charge is 0.469 e. The Morgan fingerprint density at radius 2 is 1.07 bits per heavy atom. The third-order valence-corrected chi connectivity index (χ3v) is 5.70. The molecule has 1 nitrogen and oxygen atoms in total. The lowest BCUT2D eigenvalue weighted by Gasteiger charge is -2.03. The van der Waals surface area contributed by atoms with E-state index >= 15 is 0 Å². The molecule has 0 atom stereocenters. The summed E-state index contributed by atoms with van der Waals surface area (Å²) >= 11 is 0. The van der Waals surface area contributed by atoms with Crippen LogP contribution in [0.25, 0.3) is 0 Å². The van der Waals surface area contributed by atoms with Crippen molar-refractivity contribution in [2.24, 2.45) is 0 Å². The summed E-state index contributed by atoms with van der Waals surface area (Å²) in [5.74, 6) is 13.5. The fourth-order valence-corrected chi connectivity index (χ4v) is 3.77. The minimum absolute atomic E-state index is 1.02. The van der Waals surface area contributed by atoms with Gasteiger partial charge in [-0.3, -0.25) is 0 Å². The quantitative estimate of drug-likeness (QED) is 0.163. The molecule has 1 heterocycles. The highest BCUT2D eigenvalue weighted by molar-refractivity contribution is 5.25. The molecule has 0 bridgehead atoms. The zero-order valence-corrected chi connectivity index (χ0v) is 19.8. The second-order valence-electron chi connectivity index (χ2n) is 8.59. The zero-order chi connectivity index (χ0) is 21.4. The normalized spacial score (nSPS) is 10.3. The molecule has 1 heteroatoms. The predicted molar refractivity (Wildman–Crippen MR) is 131 cm³/mol. The number of aryl methyl sites for hydroxylation is 1. The maximum atomic E-state index is 5.37. The SMILES string of the molecule is CCCCCCC#CC#CCCCCCCCCCCCCCCCc1ccco1.